The molecule has 1 aliphatic rings. The van der Waals surface area contributed by atoms with Gasteiger partial charge in [-0.15, -0.1) is 11.3 Å². The summed E-state index contributed by atoms with van der Waals surface area (Å²) in [5.41, 5.74) is 3.03. The Hall–Kier alpha value is -3.65. The summed E-state index contributed by atoms with van der Waals surface area (Å²) >= 11 is 1.63. The second-order valence-corrected chi connectivity index (χ2v) is 8.61. The Labute approximate surface area is 196 Å². The van der Waals surface area contributed by atoms with Crippen molar-refractivity contribution in [3.05, 3.63) is 65.7 Å². The van der Waals surface area contributed by atoms with Crippen LogP contribution in [0.25, 0.3) is 22.2 Å². The fourth-order valence-electron chi connectivity index (χ4n) is 4.14. The molecule has 1 aliphatic heterocycles. The van der Waals surface area contributed by atoms with Gasteiger partial charge in [0.05, 0.1) is 31.0 Å². The maximum absolute atomic E-state index is 13.6. The summed E-state index contributed by atoms with van der Waals surface area (Å²) in [6.07, 6.45) is 1.82. The lowest BCUT2D eigenvalue weighted by molar-refractivity contribution is 0.0748. The van der Waals surface area contributed by atoms with Crippen LogP contribution in [-0.2, 0) is 0 Å². The Morgan fingerprint density at radius 3 is 2.48 bits per heavy atom. The SMILES string of the molecule is COc1ccc(-c2cc(C(=O)N3CCN(c4nccs4)CC3)c3ccccc3n2)cc1OC. The molecule has 2 aromatic heterocycles. The molecule has 1 saturated heterocycles. The summed E-state index contributed by atoms with van der Waals surface area (Å²) in [6.45, 7) is 2.84. The molecule has 8 heteroatoms. The lowest BCUT2D eigenvalue weighted by atomic mass is 10.0. The fourth-order valence-corrected chi connectivity index (χ4v) is 4.84. The van der Waals surface area contributed by atoms with Crippen molar-refractivity contribution in [1.29, 1.82) is 0 Å². The van der Waals surface area contributed by atoms with Crippen LogP contribution >= 0.6 is 11.3 Å². The average Bonchev–Trinajstić information content (AvgIpc) is 3.42. The zero-order valence-electron chi connectivity index (χ0n) is 18.5. The number of carbonyl (C=O) groups is 1. The van der Waals surface area contributed by atoms with Gasteiger partial charge in [0, 0.05) is 48.7 Å². The Bertz CT molecular complexity index is 1280. The molecule has 0 aliphatic carbocycles. The lowest BCUT2D eigenvalue weighted by Crippen LogP contribution is -2.48. The van der Waals surface area contributed by atoms with Gasteiger partial charge in [0.1, 0.15) is 0 Å². The number of hydrogen-bond acceptors (Lipinski definition) is 7. The summed E-state index contributed by atoms with van der Waals surface area (Å²) in [7, 11) is 3.21. The molecule has 5 rings (SSSR count). The van der Waals surface area contributed by atoms with Crippen LogP contribution in [0.5, 0.6) is 11.5 Å². The first-order valence-electron chi connectivity index (χ1n) is 10.7. The van der Waals surface area contributed by atoms with E-state index >= 15 is 0 Å². The van der Waals surface area contributed by atoms with E-state index in [0.29, 0.717) is 30.2 Å². The number of benzene rings is 2. The third kappa shape index (κ3) is 4.09. The van der Waals surface area contributed by atoms with Crippen molar-refractivity contribution in [1.82, 2.24) is 14.9 Å². The monoisotopic (exact) mass is 460 g/mol. The molecular formula is C25H24N4O3S. The number of para-hydroxylation sites is 1. The van der Waals surface area contributed by atoms with Crippen molar-refractivity contribution in [2.45, 2.75) is 0 Å². The molecule has 3 heterocycles. The largest absolute Gasteiger partial charge is 0.493 e. The quantitative estimate of drug-likeness (QED) is 0.441. The number of pyridine rings is 1. The van der Waals surface area contributed by atoms with Gasteiger partial charge in [0.15, 0.2) is 16.6 Å². The minimum Gasteiger partial charge on any atom is -0.493 e. The molecule has 0 N–H and O–H groups in total. The van der Waals surface area contributed by atoms with E-state index in [1.54, 1.807) is 25.6 Å². The molecule has 0 bridgehead atoms. The van der Waals surface area contributed by atoms with Gasteiger partial charge < -0.3 is 19.3 Å². The summed E-state index contributed by atoms with van der Waals surface area (Å²) in [4.78, 5) is 27.0. The molecule has 33 heavy (non-hydrogen) atoms. The van der Waals surface area contributed by atoms with Crippen LogP contribution in [0.15, 0.2) is 60.1 Å². The number of methoxy groups -OCH3 is 2. The van der Waals surface area contributed by atoms with E-state index in [9.17, 15) is 4.79 Å². The maximum Gasteiger partial charge on any atom is 0.254 e. The Morgan fingerprint density at radius 2 is 1.76 bits per heavy atom. The molecule has 1 fully saturated rings. The van der Waals surface area contributed by atoms with Crippen molar-refractivity contribution >= 4 is 33.3 Å². The number of thiazole rings is 1. The first kappa shape index (κ1) is 21.2. The number of amides is 1. The standard InChI is InChI=1S/C25H24N4O3S/c1-31-22-8-7-17(15-23(22)32-2)21-16-19(18-5-3-4-6-20(18)27-21)24(30)28-10-12-29(13-11-28)25-26-9-14-33-25/h3-9,14-16H,10-13H2,1-2H3. The first-order chi connectivity index (χ1) is 16.2. The average molecular weight is 461 g/mol. The highest BCUT2D eigenvalue weighted by Crippen LogP contribution is 2.33. The van der Waals surface area contributed by atoms with Gasteiger partial charge in [-0.1, -0.05) is 18.2 Å². The summed E-state index contributed by atoms with van der Waals surface area (Å²) in [5, 5.41) is 3.84. The normalized spacial score (nSPS) is 13.9. The summed E-state index contributed by atoms with van der Waals surface area (Å²) < 4.78 is 10.8. The van der Waals surface area contributed by atoms with Crippen molar-refractivity contribution < 1.29 is 14.3 Å². The van der Waals surface area contributed by atoms with E-state index in [-0.39, 0.29) is 5.91 Å². The molecule has 1 amide bonds. The van der Waals surface area contributed by atoms with Crippen LogP contribution in [0, 0.1) is 0 Å². The van der Waals surface area contributed by atoms with Gasteiger partial charge in [0.25, 0.3) is 5.91 Å². The van der Waals surface area contributed by atoms with Gasteiger partial charge >= 0.3 is 0 Å². The number of fused-ring (bicyclic) bond motifs is 1. The van der Waals surface area contributed by atoms with E-state index in [1.807, 2.05) is 65.0 Å². The number of carbonyl (C=O) groups excluding carboxylic acids is 1. The zero-order valence-corrected chi connectivity index (χ0v) is 19.3. The number of aromatic nitrogens is 2. The number of piperazine rings is 1. The van der Waals surface area contributed by atoms with Crippen LogP contribution in [-0.4, -0.2) is 61.2 Å². The van der Waals surface area contributed by atoms with Gasteiger partial charge in [-0.2, -0.15) is 0 Å². The second kappa shape index (κ2) is 9.07. The van der Waals surface area contributed by atoms with Crippen LogP contribution < -0.4 is 14.4 Å². The highest BCUT2D eigenvalue weighted by atomic mass is 32.1. The third-order valence-corrected chi connectivity index (χ3v) is 6.71. The number of hydrogen-bond donors (Lipinski definition) is 0. The van der Waals surface area contributed by atoms with Gasteiger partial charge in [-0.3, -0.25) is 4.79 Å². The van der Waals surface area contributed by atoms with Crippen LogP contribution in [0.3, 0.4) is 0 Å². The van der Waals surface area contributed by atoms with Gasteiger partial charge in [-0.25, -0.2) is 9.97 Å². The fraction of sp³-hybridized carbons (Fsp3) is 0.240. The zero-order chi connectivity index (χ0) is 22.8. The van der Waals surface area contributed by atoms with Crippen molar-refractivity contribution in [2.24, 2.45) is 0 Å². The van der Waals surface area contributed by atoms with E-state index in [1.165, 1.54) is 0 Å². The molecule has 7 nitrogen and oxygen atoms in total. The Balaban J connectivity index is 1.48. The molecular weight excluding hydrogens is 436 g/mol. The minimum atomic E-state index is 0.0223. The number of anilines is 1. The van der Waals surface area contributed by atoms with Crippen LogP contribution in [0.4, 0.5) is 5.13 Å². The van der Waals surface area contributed by atoms with E-state index in [2.05, 4.69) is 9.88 Å². The predicted molar refractivity (Wildman–Crippen MR) is 131 cm³/mol. The molecule has 0 radical (unpaired) electrons. The van der Waals surface area contributed by atoms with E-state index < -0.39 is 0 Å². The van der Waals surface area contributed by atoms with Crippen molar-refractivity contribution in [3.63, 3.8) is 0 Å². The van der Waals surface area contributed by atoms with Gasteiger partial charge in [-0.05, 0) is 30.3 Å². The van der Waals surface area contributed by atoms with Gasteiger partial charge in [0.2, 0.25) is 0 Å². The maximum atomic E-state index is 13.6. The highest BCUT2D eigenvalue weighted by Gasteiger charge is 2.25. The first-order valence-corrected chi connectivity index (χ1v) is 11.6. The number of ether oxygens (including phenoxy) is 2. The smallest absolute Gasteiger partial charge is 0.254 e. The predicted octanol–water partition coefficient (Wildman–Crippen LogP) is 4.34. The molecule has 0 atom stereocenters. The molecule has 0 spiro atoms. The summed E-state index contributed by atoms with van der Waals surface area (Å²) in [5.74, 6) is 1.29. The van der Waals surface area contributed by atoms with E-state index in [4.69, 9.17) is 14.5 Å². The van der Waals surface area contributed by atoms with Crippen molar-refractivity contribution in [3.8, 4) is 22.8 Å². The Morgan fingerprint density at radius 1 is 0.970 bits per heavy atom. The number of nitrogens with zero attached hydrogens (tertiary/aromatic N) is 4. The second-order valence-electron chi connectivity index (χ2n) is 7.74. The molecule has 168 valence electrons. The molecule has 0 saturated carbocycles. The van der Waals surface area contributed by atoms with Crippen molar-refractivity contribution in [2.75, 3.05) is 45.3 Å². The lowest BCUT2D eigenvalue weighted by Gasteiger charge is -2.34. The Kier molecular flexibility index (Phi) is 5.83. The minimum absolute atomic E-state index is 0.0223. The topological polar surface area (TPSA) is 67.8 Å². The van der Waals surface area contributed by atoms with Crippen LogP contribution in [0.1, 0.15) is 10.4 Å². The third-order valence-electron chi connectivity index (χ3n) is 5.88. The highest BCUT2D eigenvalue weighted by molar-refractivity contribution is 7.13. The van der Waals surface area contributed by atoms with Crippen LogP contribution in [0.2, 0.25) is 0 Å². The van der Waals surface area contributed by atoms with E-state index in [0.717, 1.165) is 40.4 Å². The number of rotatable bonds is 5. The summed E-state index contributed by atoms with van der Waals surface area (Å²) in [6, 6.07) is 15.3. The molecule has 2 aromatic carbocycles. The molecule has 4 aromatic rings. The molecule has 0 unspecified atom stereocenters.